The van der Waals surface area contributed by atoms with Crippen LogP contribution < -0.4 is 19.9 Å². The molecular weight excluding hydrogens is 512 g/mol. The Labute approximate surface area is 231 Å². The molecule has 5 rings (SSSR count). The first-order valence-electron chi connectivity index (χ1n) is 13.3. The zero-order valence-electron chi connectivity index (χ0n) is 23.7. The summed E-state index contributed by atoms with van der Waals surface area (Å²) < 4.78 is 31.6. The smallest absolute Gasteiger partial charge is 0.227 e. The van der Waals surface area contributed by atoms with E-state index < -0.39 is 10.0 Å². The van der Waals surface area contributed by atoms with Gasteiger partial charge in [0.15, 0.2) is 0 Å². The van der Waals surface area contributed by atoms with Crippen molar-refractivity contribution in [2.24, 2.45) is 0 Å². The molecule has 0 unspecified atom stereocenters. The molecule has 0 bridgehead atoms. The van der Waals surface area contributed by atoms with Crippen molar-refractivity contribution < 1.29 is 13.2 Å². The van der Waals surface area contributed by atoms with Crippen LogP contribution in [0.4, 0.5) is 23.1 Å². The van der Waals surface area contributed by atoms with E-state index in [9.17, 15) is 8.42 Å². The van der Waals surface area contributed by atoms with Crippen LogP contribution in [-0.4, -0.2) is 62.2 Å². The van der Waals surface area contributed by atoms with Crippen molar-refractivity contribution in [2.45, 2.75) is 46.2 Å². The van der Waals surface area contributed by atoms with Gasteiger partial charge in [0.2, 0.25) is 16.0 Å². The zero-order chi connectivity index (χ0) is 27.9. The number of sulfonamides is 1. The molecule has 0 radical (unpaired) electrons. The Balaban J connectivity index is 1.43. The highest BCUT2D eigenvalue weighted by Crippen LogP contribution is 2.35. The molecule has 2 aliphatic heterocycles. The molecule has 0 spiro atoms. The van der Waals surface area contributed by atoms with E-state index in [1.807, 2.05) is 12.1 Å². The average molecular weight is 551 g/mol. The fraction of sp³-hybridized carbons (Fsp3) is 0.448. The van der Waals surface area contributed by atoms with Gasteiger partial charge in [-0.15, -0.1) is 0 Å². The number of ether oxygens (including phenoxy) is 1. The standard InChI is InChI=1S/C29H38N6O3S/c1-20-7-8-21(29(2,3)4)17-25(20)30-27-24-18-35(39(6,36)37)19-26(24)31-28(32-27)34-15-13-33(14-16-34)22-9-11-23(38-5)12-10-22/h7-12,17H,13-16,18-19H2,1-6H3,(H,30,31,32). The summed E-state index contributed by atoms with van der Waals surface area (Å²) >= 11 is 0. The monoisotopic (exact) mass is 550 g/mol. The predicted molar refractivity (Wildman–Crippen MR) is 157 cm³/mol. The summed E-state index contributed by atoms with van der Waals surface area (Å²) in [5.74, 6) is 2.15. The van der Waals surface area contributed by atoms with Crippen molar-refractivity contribution in [1.29, 1.82) is 0 Å². The van der Waals surface area contributed by atoms with Gasteiger partial charge in [-0.2, -0.15) is 9.29 Å². The van der Waals surface area contributed by atoms with Gasteiger partial charge in [0.05, 0.1) is 25.6 Å². The Hall–Kier alpha value is -3.37. The van der Waals surface area contributed by atoms with Gasteiger partial charge in [-0.25, -0.2) is 13.4 Å². The number of benzene rings is 2. The zero-order valence-corrected chi connectivity index (χ0v) is 24.5. The van der Waals surface area contributed by atoms with Crippen LogP contribution in [0.3, 0.4) is 0 Å². The number of nitrogens with one attached hydrogen (secondary N) is 1. The number of nitrogens with zero attached hydrogens (tertiary/aromatic N) is 5. The van der Waals surface area contributed by atoms with Gasteiger partial charge in [-0.05, 0) is 53.8 Å². The maximum Gasteiger partial charge on any atom is 0.227 e. The molecule has 208 valence electrons. The van der Waals surface area contributed by atoms with Crippen LogP contribution in [0.15, 0.2) is 42.5 Å². The lowest BCUT2D eigenvalue weighted by atomic mass is 9.86. The van der Waals surface area contributed by atoms with Gasteiger partial charge >= 0.3 is 0 Å². The lowest BCUT2D eigenvalue weighted by Crippen LogP contribution is -2.47. The molecule has 0 aliphatic carbocycles. The minimum absolute atomic E-state index is 0.000439. The Kier molecular flexibility index (Phi) is 7.19. The van der Waals surface area contributed by atoms with Crippen LogP contribution in [0.2, 0.25) is 0 Å². The van der Waals surface area contributed by atoms with Crippen LogP contribution in [0.1, 0.15) is 43.2 Å². The van der Waals surface area contributed by atoms with Crippen LogP contribution in [-0.2, 0) is 28.5 Å². The first-order valence-corrected chi connectivity index (χ1v) is 15.1. The molecule has 3 aromatic rings. The first-order chi connectivity index (χ1) is 18.4. The summed E-state index contributed by atoms with van der Waals surface area (Å²) in [4.78, 5) is 14.4. The number of hydrogen-bond donors (Lipinski definition) is 1. The maximum absolute atomic E-state index is 12.4. The normalized spacial score (nSPS) is 16.4. The second-order valence-corrected chi connectivity index (χ2v) is 13.4. The fourth-order valence-electron chi connectivity index (χ4n) is 5.00. The van der Waals surface area contributed by atoms with E-state index in [1.165, 1.54) is 16.1 Å². The van der Waals surface area contributed by atoms with Gasteiger partial charge in [0.1, 0.15) is 11.6 Å². The van der Waals surface area contributed by atoms with Gasteiger partial charge in [-0.3, -0.25) is 0 Å². The Morgan fingerprint density at radius 1 is 0.923 bits per heavy atom. The first kappa shape index (κ1) is 27.2. The highest BCUT2D eigenvalue weighted by Gasteiger charge is 2.32. The minimum atomic E-state index is -3.37. The third-order valence-electron chi connectivity index (χ3n) is 7.57. The van der Waals surface area contributed by atoms with Gasteiger partial charge < -0.3 is 19.9 Å². The molecule has 0 amide bonds. The molecule has 10 heteroatoms. The second kappa shape index (κ2) is 10.3. The highest BCUT2D eigenvalue weighted by atomic mass is 32.2. The average Bonchev–Trinajstić information content (AvgIpc) is 3.35. The third-order valence-corrected chi connectivity index (χ3v) is 8.76. The molecule has 9 nitrogen and oxygen atoms in total. The fourth-order valence-corrected chi connectivity index (χ4v) is 5.72. The Morgan fingerprint density at radius 3 is 2.21 bits per heavy atom. The molecule has 1 fully saturated rings. The minimum Gasteiger partial charge on any atom is -0.497 e. The number of anilines is 4. The van der Waals surface area contributed by atoms with Gasteiger partial charge in [-0.1, -0.05) is 32.9 Å². The van der Waals surface area contributed by atoms with E-state index >= 15 is 0 Å². The van der Waals surface area contributed by atoms with Crippen LogP contribution >= 0.6 is 0 Å². The quantitative estimate of drug-likeness (QED) is 0.482. The molecule has 2 aliphatic rings. The molecular formula is C29H38N6O3S. The summed E-state index contributed by atoms with van der Waals surface area (Å²) in [6.45, 7) is 12.3. The molecule has 3 heterocycles. The topological polar surface area (TPSA) is 90.9 Å². The molecule has 39 heavy (non-hydrogen) atoms. The molecule has 0 saturated carbocycles. The summed E-state index contributed by atoms with van der Waals surface area (Å²) in [7, 11) is -1.69. The summed E-state index contributed by atoms with van der Waals surface area (Å²) in [6, 6.07) is 14.6. The molecule has 1 N–H and O–H groups in total. The molecule has 1 saturated heterocycles. The summed E-state index contributed by atoms with van der Waals surface area (Å²) in [6.07, 6.45) is 1.25. The van der Waals surface area contributed by atoms with E-state index in [0.29, 0.717) is 11.8 Å². The largest absolute Gasteiger partial charge is 0.497 e. The van der Waals surface area contributed by atoms with Crippen molar-refractivity contribution in [3.05, 3.63) is 64.8 Å². The van der Waals surface area contributed by atoms with Crippen molar-refractivity contribution >= 4 is 33.2 Å². The number of piperazine rings is 1. The predicted octanol–water partition coefficient (Wildman–Crippen LogP) is 4.44. The third kappa shape index (κ3) is 5.81. The maximum atomic E-state index is 12.4. The van der Waals surface area contributed by atoms with E-state index in [2.05, 4.69) is 73.1 Å². The van der Waals surface area contributed by atoms with Gasteiger partial charge in [0, 0.05) is 49.7 Å². The number of aryl methyl sites for hydroxylation is 1. The Morgan fingerprint density at radius 2 is 1.59 bits per heavy atom. The highest BCUT2D eigenvalue weighted by molar-refractivity contribution is 7.88. The number of rotatable bonds is 6. The van der Waals surface area contributed by atoms with Crippen LogP contribution in [0, 0.1) is 6.92 Å². The van der Waals surface area contributed by atoms with E-state index in [1.54, 1.807) is 7.11 Å². The number of hydrogen-bond acceptors (Lipinski definition) is 8. The molecule has 2 aromatic carbocycles. The molecule has 1 aromatic heterocycles. The van der Waals surface area contributed by atoms with E-state index in [0.717, 1.165) is 60.1 Å². The van der Waals surface area contributed by atoms with Crippen LogP contribution in [0.5, 0.6) is 5.75 Å². The van der Waals surface area contributed by atoms with Crippen molar-refractivity contribution in [3.8, 4) is 5.75 Å². The van der Waals surface area contributed by atoms with E-state index in [-0.39, 0.29) is 18.5 Å². The van der Waals surface area contributed by atoms with Crippen LogP contribution in [0.25, 0.3) is 0 Å². The second-order valence-electron chi connectivity index (χ2n) is 11.4. The SMILES string of the molecule is COc1ccc(N2CCN(c3nc4c(c(Nc5cc(C(C)(C)C)ccc5C)n3)CN(S(C)(=O)=O)C4)CC2)cc1. The Bertz CT molecular complexity index is 1460. The number of aromatic nitrogens is 2. The summed E-state index contributed by atoms with van der Waals surface area (Å²) in [5, 5.41) is 3.56. The van der Waals surface area contributed by atoms with E-state index in [4.69, 9.17) is 14.7 Å². The van der Waals surface area contributed by atoms with Crippen molar-refractivity contribution in [1.82, 2.24) is 14.3 Å². The summed E-state index contributed by atoms with van der Waals surface area (Å²) in [5.41, 5.74) is 6.04. The molecule has 0 atom stereocenters. The van der Waals surface area contributed by atoms with Gasteiger partial charge in [0.25, 0.3) is 0 Å². The van der Waals surface area contributed by atoms with Crippen molar-refractivity contribution in [2.75, 3.05) is 54.7 Å². The van der Waals surface area contributed by atoms with Crippen molar-refractivity contribution in [3.63, 3.8) is 0 Å². The lowest BCUT2D eigenvalue weighted by molar-refractivity contribution is 0.415. The number of fused-ring (bicyclic) bond motifs is 1. The lowest BCUT2D eigenvalue weighted by Gasteiger charge is -2.36. The number of methoxy groups -OCH3 is 1.